The molecule has 0 saturated heterocycles. The van der Waals surface area contributed by atoms with Gasteiger partial charge in [0.25, 0.3) is 0 Å². The summed E-state index contributed by atoms with van der Waals surface area (Å²) in [5, 5.41) is 5.62. The first-order valence-electron chi connectivity index (χ1n) is 5.71. The van der Waals surface area contributed by atoms with E-state index in [9.17, 15) is 0 Å². The van der Waals surface area contributed by atoms with Crippen molar-refractivity contribution in [1.82, 2.24) is 9.78 Å². The Kier molecular flexibility index (Phi) is 4.66. The van der Waals surface area contributed by atoms with E-state index in [1.54, 1.807) is 0 Å². The number of alkyl halides is 1. The van der Waals surface area contributed by atoms with E-state index in [2.05, 4.69) is 21.0 Å². The van der Waals surface area contributed by atoms with E-state index in [1.165, 1.54) is 0 Å². The zero-order valence-corrected chi connectivity index (χ0v) is 12.4. The number of hydrogen-bond donors (Lipinski definition) is 0. The van der Waals surface area contributed by atoms with Gasteiger partial charge in [-0.25, -0.2) is 0 Å². The predicted octanol–water partition coefficient (Wildman–Crippen LogP) is 4.03. The Balaban J connectivity index is 2.01. The van der Waals surface area contributed by atoms with E-state index in [1.807, 2.05) is 42.2 Å². The quantitative estimate of drug-likeness (QED) is 0.774. The molecule has 0 aliphatic rings. The van der Waals surface area contributed by atoms with Crippen molar-refractivity contribution < 1.29 is 4.74 Å². The van der Waals surface area contributed by atoms with E-state index in [-0.39, 0.29) is 0 Å². The third-order valence-electron chi connectivity index (χ3n) is 2.56. The van der Waals surface area contributed by atoms with Crippen molar-refractivity contribution in [3.8, 4) is 5.75 Å². The summed E-state index contributed by atoms with van der Waals surface area (Å²) in [5.74, 6) is 0.700. The minimum atomic E-state index is 0.480. The molecule has 0 unspecified atom stereocenters. The van der Waals surface area contributed by atoms with Crippen LogP contribution in [0.2, 0.25) is 5.02 Å². The molecule has 5 heteroatoms. The number of rotatable bonds is 5. The normalized spacial score (nSPS) is 10.6. The first kappa shape index (κ1) is 13.4. The molecular formula is C13H14BrClN2O. The number of aromatic nitrogens is 2. The molecule has 0 aliphatic heterocycles. The molecular weight excluding hydrogens is 316 g/mol. The van der Waals surface area contributed by atoms with Crippen molar-refractivity contribution in [2.24, 2.45) is 0 Å². The Morgan fingerprint density at radius 3 is 2.83 bits per heavy atom. The highest BCUT2D eigenvalue weighted by atomic mass is 79.9. The second kappa shape index (κ2) is 6.25. The van der Waals surface area contributed by atoms with Crippen LogP contribution in [-0.2, 0) is 18.5 Å². The fraction of sp³-hybridized carbons (Fsp3) is 0.308. The topological polar surface area (TPSA) is 27.1 Å². The first-order valence-corrected chi connectivity index (χ1v) is 7.21. The summed E-state index contributed by atoms with van der Waals surface area (Å²) in [4.78, 5) is 0. The molecule has 0 amide bonds. The Morgan fingerprint density at radius 2 is 2.22 bits per heavy atom. The lowest BCUT2D eigenvalue weighted by atomic mass is 10.2. The van der Waals surface area contributed by atoms with Crippen molar-refractivity contribution >= 4 is 27.5 Å². The van der Waals surface area contributed by atoms with Crippen molar-refractivity contribution in [1.29, 1.82) is 0 Å². The molecule has 0 atom stereocenters. The lowest BCUT2D eigenvalue weighted by molar-refractivity contribution is 0.306. The van der Waals surface area contributed by atoms with Crippen LogP contribution in [0.4, 0.5) is 0 Å². The lowest BCUT2D eigenvalue weighted by Crippen LogP contribution is -1.96. The average molecular weight is 330 g/mol. The van der Waals surface area contributed by atoms with Crippen LogP contribution in [0.3, 0.4) is 0 Å². The molecule has 0 spiro atoms. The van der Waals surface area contributed by atoms with Gasteiger partial charge in [-0.1, -0.05) is 33.6 Å². The number of benzene rings is 1. The van der Waals surface area contributed by atoms with Gasteiger partial charge in [0.05, 0.1) is 11.2 Å². The van der Waals surface area contributed by atoms with Crippen molar-refractivity contribution in [2.45, 2.75) is 25.4 Å². The average Bonchev–Trinajstić information content (AvgIpc) is 2.85. The van der Waals surface area contributed by atoms with Crippen LogP contribution in [0, 0.1) is 0 Å². The fourth-order valence-corrected chi connectivity index (χ4v) is 2.17. The minimum absolute atomic E-state index is 0.480. The molecule has 1 heterocycles. The maximum Gasteiger partial charge on any atom is 0.138 e. The smallest absolute Gasteiger partial charge is 0.138 e. The van der Waals surface area contributed by atoms with Crippen LogP contribution in [0.25, 0.3) is 0 Å². The highest BCUT2D eigenvalue weighted by molar-refractivity contribution is 9.08. The van der Waals surface area contributed by atoms with E-state index >= 15 is 0 Å². The van der Waals surface area contributed by atoms with Gasteiger partial charge in [0.15, 0.2) is 0 Å². The number of ether oxygens (including phenoxy) is 1. The Labute approximate surface area is 120 Å². The van der Waals surface area contributed by atoms with Crippen LogP contribution < -0.4 is 4.74 Å². The largest absolute Gasteiger partial charge is 0.487 e. The van der Waals surface area contributed by atoms with E-state index < -0.39 is 0 Å². The van der Waals surface area contributed by atoms with Gasteiger partial charge < -0.3 is 4.74 Å². The molecule has 3 nitrogen and oxygen atoms in total. The molecule has 2 rings (SSSR count). The molecule has 1 aromatic heterocycles. The first-order chi connectivity index (χ1) is 8.72. The fourth-order valence-electron chi connectivity index (χ4n) is 1.56. The van der Waals surface area contributed by atoms with Crippen LogP contribution in [0.15, 0.2) is 30.6 Å². The van der Waals surface area contributed by atoms with Crippen LogP contribution in [0.5, 0.6) is 5.75 Å². The third-order valence-corrected chi connectivity index (χ3v) is 3.50. The summed E-state index contributed by atoms with van der Waals surface area (Å²) in [6, 6.07) is 5.79. The predicted molar refractivity (Wildman–Crippen MR) is 76.3 cm³/mol. The Morgan fingerprint density at radius 1 is 1.39 bits per heavy atom. The second-order valence-electron chi connectivity index (χ2n) is 3.89. The van der Waals surface area contributed by atoms with E-state index in [4.69, 9.17) is 16.3 Å². The molecule has 2 aromatic rings. The standard InChI is InChI=1S/C13H14BrClN2O/c1-2-17-8-11(7-16-17)9-18-13-4-3-10(6-14)5-12(13)15/h3-5,7-8H,2,6,9H2,1H3. The van der Waals surface area contributed by atoms with E-state index in [0.717, 1.165) is 23.0 Å². The number of halogens is 2. The second-order valence-corrected chi connectivity index (χ2v) is 4.86. The van der Waals surface area contributed by atoms with Crippen LogP contribution in [0.1, 0.15) is 18.1 Å². The molecule has 0 aliphatic carbocycles. The number of nitrogens with zero attached hydrogens (tertiary/aromatic N) is 2. The molecule has 0 saturated carbocycles. The van der Waals surface area contributed by atoms with Gasteiger partial charge in [-0.05, 0) is 24.6 Å². The summed E-state index contributed by atoms with van der Waals surface area (Å²) >= 11 is 9.53. The SMILES string of the molecule is CCn1cc(COc2ccc(CBr)cc2Cl)cn1. The number of hydrogen-bond acceptors (Lipinski definition) is 2. The highest BCUT2D eigenvalue weighted by Crippen LogP contribution is 2.27. The highest BCUT2D eigenvalue weighted by Gasteiger charge is 2.04. The van der Waals surface area contributed by atoms with Crippen LogP contribution in [-0.4, -0.2) is 9.78 Å². The third kappa shape index (κ3) is 3.27. The Bertz CT molecular complexity index is 527. The van der Waals surface area contributed by atoms with Gasteiger partial charge in [-0.3, -0.25) is 4.68 Å². The Hall–Kier alpha value is -1.00. The van der Waals surface area contributed by atoms with Gasteiger partial charge in [0.1, 0.15) is 12.4 Å². The summed E-state index contributed by atoms with van der Waals surface area (Å²) in [5.41, 5.74) is 2.17. The van der Waals surface area contributed by atoms with Crippen LogP contribution >= 0.6 is 27.5 Å². The summed E-state index contributed by atoms with van der Waals surface area (Å²) in [6.45, 7) is 3.39. The lowest BCUT2D eigenvalue weighted by Gasteiger charge is -2.07. The van der Waals surface area contributed by atoms with Gasteiger partial charge in [0.2, 0.25) is 0 Å². The molecule has 0 bridgehead atoms. The molecule has 1 aromatic carbocycles. The zero-order chi connectivity index (χ0) is 13.0. The summed E-state index contributed by atoms with van der Waals surface area (Å²) in [6.07, 6.45) is 3.78. The zero-order valence-electron chi connectivity index (χ0n) is 10.1. The van der Waals surface area contributed by atoms with Crippen molar-refractivity contribution in [3.05, 3.63) is 46.7 Å². The van der Waals surface area contributed by atoms with E-state index in [0.29, 0.717) is 17.4 Å². The molecule has 0 N–H and O–H groups in total. The molecule has 18 heavy (non-hydrogen) atoms. The maximum absolute atomic E-state index is 6.14. The van der Waals surface area contributed by atoms with Gasteiger partial charge >= 0.3 is 0 Å². The van der Waals surface area contributed by atoms with Gasteiger partial charge in [-0.15, -0.1) is 0 Å². The minimum Gasteiger partial charge on any atom is -0.487 e. The van der Waals surface area contributed by atoms with Crippen molar-refractivity contribution in [2.75, 3.05) is 0 Å². The van der Waals surface area contributed by atoms with Crippen molar-refractivity contribution in [3.63, 3.8) is 0 Å². The molecule has 0 fully saturated rings. The summed E-state index contributed by atoms with van der Waals surface area (Å²) in [7, 11) is 0. The summed E-state index contributed by atoms with van der Waals surface area (Å²) < 4.78 is 7.55. The monoisotopic (exact) mass is 328 g/mol. The maximum atomic E-state index is 6.14. The number of aryl methyl sites for hydroxylation is 1. The van der Waals surface area contributed by atoms with Gasteiger partial charge in [-0.2, -0.15) is 5.10 Å². The molecule has 0 radical (unpaired) electrons. The van der Waals surface area contributed by atoms with Gasteiger partial charge in [0, 0.05) is 23.6 Å². The molecule has 96 valence electrons.